The number of hydrogen-bond donors (Lipinski definition) is 1. The summed E-state index contributed by atoms with van der Waals surface area (Å²) >= 11 is 0. The highest BCUT2D eigenvalue weighted by molar-refractivity contribution is 5.55. The summed E-state index contributed by atoms with van der Waals surface area (Å²) in [5.74, 6) is -0.310. The van der Waals surface area contributed by atoms with E-state index in [0.717, 1.165) is 31.7 Å². The topological polar surface area (TPSA) is 32.7 Å². The molecule has 0 saturated carbocycles. The number of benzene rings is 1. The van der Waals surface area contributed by atoms with E-state index in [2.05, 4.69) is 4.90 Å². The van der Waals surface area contributed by atoms with Crippen molar-refractivity contribution in [1.29, 1.82) is 0 Å². The molecule has 0 spiro atoms. The van der Waals surface area contributed by atoms with Crippen molar-refractivity contribution in [3.63, 3.8) is 0 Å². The van der Waals surface area contributed by atoms with Crippen molar-refractivity contribution in [3.8, 4) is 0 Å². The predicted molar refractivity (Wildman–Crippen MR) is 69.3 cm³/mol. The average molecular weight is 253 g/mol. The van der Waals surface area contributed by atoms with Gasteiger partial charge in [-0.2, -0.15) is 0 Å². The molecular formula is C14H20FNO2. The third-order valence-corrected chi connectivity index (χ3v) is 3.56. The van der Waals surface area contributed by atoms with Crippen molar-refractivity contribution in [2.75, 3.05) is 25.2 Å². The first-order chi connectivity index (χ1) is 8.59. The number of halogens is 1. The molecule has 18 heavy (non-hydrogen) atoms. The van der Waals surface area contributed by atoms with E-state index < -0.39 is 6.10 Å². The van der Waals surface area contributed by atoms with Crippen molar-refractivity contribution in [3.05, 3.63) is 29.6 Å². The summed E-state index contributed by atoms with van der Waals surface area (Å²) < 4.78 is 18.6. The largest absolute Gasteiger partial charge is 0.389 e. The first kappa shape index (κ1) is 13.3. The number of aliphatic hydroxyl groups excluding tert-OH is 1. The van der Waals surface area contributed by atoms with Crippen molar-refractivity contribution in [2.24, 2.45) is 0 Å². The Kier molecular flexibility index (Phi) is 4.19. The maximum Gasteiger partial charge on any atom is 0.123 e. The predicted octanol–water partition coefficient (Wildman–Crippen LogP) is 2.49. The number of anilines is 1. The molecule has 1 aromatic carbocycles. The lowest BCUT2D eigenvalue weighted by Crippen LogP contribution is -2.37. The van der Waals surface area contributed by atoms with Crippen molar-refractivity contribution >= 4 is 5.69 Å². The van der Waals surface area contributed by atoms with Gasteiger partial charge in [-0.25, -0.2) is 4.39 Å². The molecule has 1 fully saturated rings. The second-order valence-corrected chi connectivity index (χ2v) is 4.83. The van der Waals surface area contributed by atoms with E-state index in [4.69, 9.17) is 4.74 Å². The first-order valence-electron chi connectivity index (χ1n) is 6.37. The van der Waals surface area contributed by atoms with Gasteiger partial charge in [0.15, 0.2) is 0 Å². The second kappa shape index (κ2) is 5.67. The van der Waals surface area contributed by atoms with Gasteiger partial charge in [0.25, 0.3) is 0 Å². The highest BCUT2D eigenvalue weighted by atomic mass is 19.1. The lowest BCUT2D eigenvalue weighted by molar-refractivity contribution is 0.0853. The van der Waals surface area contributed by atoms with Gasteiger partial charge in [-0.15, -0.1) is 0 Å². The molecule has 0 radical (unpaired) electrons. The normalized spacial score (nSPS) is 18.7. The fraction of sp³-hybridized carbons (Fsp3) is 0.571. The molecule has 1 aromatic rings. The fourth-order valence-electron chi connectivity index (χ4n) is 2.45. The fourth-order valence-corrected chi connectivity index (χ4v) is 2.45. The van der Waals surface area contributed by atoms with E-state index in [9.17, 15) is 9.50 Å². The summed E-state index contributed by atoms with van der Waals surface area (Å²) in [4.78, 5) is 2.13. The maximum atomic E-state index is 13.3. The molecule has 100 valence electrons. The summed E-state index contributed by atoms with van der Waals surface area (Å²) in [5.41, 5.74) is 1.54. The Hall–Kier alpha value is -1.13. The minimum Gasteiger partial charge on any atom is -0.389 e. The van der Waals surface area contributed by atoms with Crippen LogP contribution in [0.1, 0.15) is 31.4 Å². The molecule has 0 unspecified atom stereocenters. The Morgan fingerprint density at radius 1 is 1.39 bits per heavy atom. The van der Waals surface area contributed by atoms with Gasteiger partial charge in [0.1, 0.15) is 5.82 Å². The van der Waals surface area contributed by atoms with Crippen LogP contribution in [-0.4, -0.2) is 31.4 Å². The highest BCUT2D eigenvalue weighted by Crippen LogP contribution is 2.29. The van der Waals surface area contributed by atoms with Gasteiger partial charge in [0, 0.05) is 37.6 Å². The van der Waals surface area contributed by atoms with Crippen LogP contribution in [0.4, 0.5) is 10.1 Å². The molecule has 2 rings (SSSR count). The number of hydrogen-bond acceptors (Lipinski definition) is 3. The third kappa shape index (κ3) is 2.82. The zero-order valence-corrected chi connectivity index (χ0v) is 10.9. The molecule has 1 atom stereocenters. The SMILES string of the molecule is C[C@H](O)c1cc(F)ccc1N(C)C1CCOCC1. The Morgan fingerprint density at radius 2 is 2.06 bits per heavy atom. The Balaban J connectivity index is 2.25. The molecule has 1 saturated heterocycles. The van der Waals surface area contributed by atoms with Crippen LogP contribution in [-0.2, 0) is 4.74 Å². The van der Waals surface area contributed by atoms with Crippen molar-refractivity contribution < 1.29 is 14.2 Å². The number of aliphatic hydroxyl groups is 1. The van der Waals surface area contributed by atoms with Gasteiger partial charge in [-0.05, 0) is 38.0 Å². The summed E-state index contributed by atoms with van der Waals surface area (Å²) in [6.45, 7) is 3.19. The molecule has 0 aliphatic carbocycles. The van der Waals surface area contributed by atoms with Crippen LogP contribution in [0.5, 0.6) is 0 Å². The van der Waals surface area contributed by atoms with Gasteiger partial charge in [-0.3, -0.25) is 0 Å². The molecule has 1 N–H and O–H groups in total. The molecule has 1 heterocycles. The van der Waals surface area contributed by atoms with Crippen LogP contribution in [0.2, 0.25) is 0 Å². The van der Waals surface area contributed by atoms with Gasteiger partial charge in [0.2, 0.25) is 0 Å². The van der Waals surface area contributed by atoms with E-state index in [1.807, 2.05) is 7.05 Å². The zero-order valence-electron chi connectivity index (χ0n) is 10.9. The smallest absolute Gasteiger partial charge is 0.123 e. The maximum absolute atomic E-state index is 13.3. The van der Waals surface area contributed by atoms with Crippen LogP contribution >= 0.6 is 0 Å². The molecule has 0 bridgehead atoms. The van der Waals surface area contributed by atoms with Crippen LogP contribution in [0.3, 0.4) is 0 Å². The van der Waals surface area contributed by atoms with Gasteiger partial charge < -0.3 is 14.7 Å². The molecular weight excluding hydrogens is 233 g/mol. The van der Waals surface area contributed by atoms with E-state index >= 15 is 0 Å². The number of nitrogens with zero attached hydrogens (tertiary/aromatic N) is 1. The highest BCUT2D eigenvalue weighted by Gasteiger charge is 2.21. The van der Waals surface area contributed by atoms with Crippen molar-refractivity contribution in [2.45, 2.75) is 31.9 Å². The standard InChI is InChI=1S/C14H20FNO2/c1-10(17)13-9-11(15)3-4-14(13)16(2)12-5-7-18-8-6-12/h3-4,9-10,12,17H,5-8H2,1-2H3/t10-/m0/s1. The second-order valence-electron chi connectivity index (χ2n) is 4.83. The van der Waals surface area contributed by atoms with Crippen LogP contribution < -0.4 is 4.90 Å². The molecule has 1 aliphatic rings. The van der Waals surface area contributed by atoms with Crippen LogP contribution in [0, 0.1) is 5.82 Å². The quantitative estimate of drug-likeness (QED) is 0.898. The third-order valence-electron chi connectivity index (χ3n) is 3.56. The molecule has 3 nitrogen and oxygen atoms in total. The van der Waals surface area contributed by atoms with Crippen molar-refractivity contribution in [1.82, 2.24) is 0 Å². The van der Waals surface area contributed by atoms with E-state index in [-0.39, 0.29) is 5.82 Å². The lowest BCUT2D eigenvalue weighted by Gasteiger charge is -2.34. The van der Waals surface area contributed by atoms with E-state index in [1.165, 1.54) is 12.1 Å². The monoisotopic (exact) mass is 253 g/mol. The lowest BCUT2D eigenvalue weighted by atomic mass is 10.0. The number of rotatable bonds is 3. The molecule has 0 aromatic heterocycles. The Labute approximate surface area is 107 Å². The Morgan fingerprint density at radius 3 is 2.67 bits per heavy atom. The molecule has 1 aliphatic heterocycles. The summed E-state index contributed by atoms with van der Waals surface area (Å²) in [5, 5.41) is 9.76. The number of ether oxygens (including phenoxy) is 1. The first-order valence-corrected chi connectivity index (χ1v) is 6.37. The minimum atomic E-state index is -0.669. The van der Waals surface area contributed by atoms with E-state index in [0.29, 0.717) is 11.6 Å². The average Bonchev–Trinajstić information content (AvgIpc) is 2.39. The Bertz CT molecular complexity index is 403. The summed E-state index contributed by atoms with van der Waals surface area (Å²) in [6.07, 6.45) is 1.26. The van der Waals surface area contributed by atoms with E-state index in [1.54, 1.807) is 13.0 Å². The summed E-state index contributed by atoms with van der Waals surface area (Å²) in [6, 6.07) is 4.99. The molecule has 0 amide bonds. The molecule has 4 heteroatoms. The van der Waals surface area contributed by atoms with Crippen LogP contribution in [0.15, 0.2) is 18.2 Å². The van der Waals surface area contributed by atoms with Crippen LogP contribution in [0.25, 0.3) is 0 Å². The summed E-state index contributed by atoms with van der Waals surface area (Å²) in [7, 11) is 2.00. The van der Waals surface area contributed by atoms with Gasteiger partial charge in [-0.1, -0.05) is 0 Å². The van der Waals surface area contributed by atoms with Gasteiger partial charge in [0.05, 0.1) is 6.10 Å². The minimum absolute atomic E-state index is 0.310. The zero-order chi connectivity index (χ0) is 13.1. The van der Waals surface area contributed by atoms with Gasteiger partial charge >= 0.3 is 0 Å².